The number of aromatic hydroxyl groups is 1. The molecule has 0 saturated carbocycles. The van der Waals surface area contributed by atoms with Gasteiger partial charge in [0, 0.05) is 11.7 Å². The maximum Gasteiger partial charge on any atom is 0.160 e. The molecular formula is C18H23NO2. The number of ether oxygens (including phenoxy) is 1. The van der Waals surface area contributed by atoms with Crippen molar-refractivity contribution < 1.29 is 9.84 Å². The monoisotopic (exact) mass is 285 g/mol. The Morgan fingerprint density at radius 3 is 2.24 bits per heavy atom. The fourth-order valence-corrected chi connectivity index (χ4v) is 2.67. The second-order valence-electron chi connectivity index (χ2n) is 5.57. The van der Waals surface area contributed by atoms with E-state index in [1.165, 1.54) is 22.4 Å². The second-order valence-corrected chi connectivity index (χ2v) is 5.57. The molecule has 0 amide bonds. The van der Waals surface area contributed by atoms with Gasteiger partial charge in [0.1, 0.15) is 0 Å². The summed E-state index contributed by atoms with van der Waals surface area (Å²) in [7, 11) is 1.56. The van der Waals surface area contributed by atoms with Gasteiger partial charge in [-0.15, -0.1) is 0 Å². The number of anilines is 1. The Bertz CT molecular complexity index is 627. The van der Waals surface area contributed by atoms with Crippen molar-refractivity contribution >= 4 is 5.69 Å². The molecule has 0 heterocycles. The minimum Gasteiger partial charge on any atom is -0.504 e. The van der Waals surface area contributed by atoms with Gasteiger partial charge < -0.3 is 15.2 Å². The molecule has 3 heteroatoms. The number of benzene rings is 2. The average Bonchev–Trinajstić information content (AvgIpc) is 2.43. The largest absolute Gasteiger partial charge is 0.504 e. The zero-order valence-electron chi connectivity index (χ0n) is 13.3. The first-order valence-electron chi connectivity index (χ1n) is 7.13. The van der Waals surface area contributed by atoms with Crippen molar-refractivity contribution in [2.45, 2.75) is 33.7 Å². The van der Waals surface area contributed by atoms with E-state index in [1.54, 1.807) is 13.2 Å². The third kappa shape index (κ3) is 3.30. The molecule has 2 aromatic rings. The first-order valence-corrected chi connectivity index (χ1v) is 7.13. The van der Waals surface area contributed by atoms with Crippen LogP contribution in [0.5, 0.6) is 11.5 Å². The van der Waals surface area contributed by atoms with E-state index in [1.807, 2.05) is 12.1 Å². The molecule has 1 atom stereocenters. The van der Waals surface area contributed by atoms with Crippen LogP contribution in [0.4, 0.5) is 5.69 Å². The van der Waals surface area contributed by atoms with Crippen LogP contribution in [-0.2, 0) is 0 Å². The summed E-state index contributed by atoms with van der Waals surface area (Å²) in [6.45, 7) is 8.45. The molecule has 0 aromatic heterocycles. The third-order valence-electron chi connectivity index (χ3n) is 3.74. The summed E-state index contributed by atoms with van der Waals surface area (Å²) >= 11 is 0. The third-order valence-corrected chi connectivity index (χ3v) is 3.74. The van der Waals surface area contributed by atoms with Gasteiger partial charge in [-0.25, -0.2) is 0 Å². The topological polar surface area (TPSA) is 41.5 Å². The van der Waals surface area contributed by atoms with Crippen molar-refractivity contribution in [3.8, 4) is 11.5 Å². The van der Waals surface area contributed by atoms with Gasteiger partial charge in [-0.2, -0.15) is 0 Å². The smallest absolute Gasteiger partial charge is 0.160 e. The van der Waals surface area contributed by atoms with Crippen LogP contribution in [0.1, 0.15) is 35.2 Å². The lowest BCUT2D eigenvalue weighted by Gasteiger charge is -2.20. The second kappa shape index (κ2) is 6.08. The highest BCUT2D eigenvalue weighted by molar-refractivity contribution is 5.59. The highest BCUT2D eigenvalue weighted by Crippen LogP contribution is 2.31. The number of hydrogen-bond donors (Lipinski definition) is 2. The van der Waals surface area contributed by atoms with Gasteiger partial charge in [0.25, 0.3) is 0 Å². The van der Waals surface area contributed by atoms with Crippen LogP contribution in [0.2, 0.25) is 0 Å². The Kier molecular flexibility index (Phi) is 4.41. The minimum atomic E-state index is 0.125. The molecule has 0 fully saturated rings. The molecule has 2 aromatic carbocycles. The summed E-state index contributed by atoms with van der Waals surface area (Å²) in [5.74, 6) is 0.662. The maximum atomic E-state index is 9.68. The molecule has 1 unspecified atom stereocenters. The summed E-state index contributed by atoms with van der Waals surface area (Å²) in [4.78, 5) is 0. The normalized spacial score (nSPS) is 12.0. The molecule has 0 aliphatic heterocycles. The molecule has 0 bridgehead atoms. The number of phenolic OH excluding ortho intramolecular Hbond substituents is 1. The number of hydrogen-bond acceptors (Lipinski definition) is 3. The lowest BCUT2D eigenvalue weighted by atomic mass is 10.0. The van der Waals surface area contributed by atoms with Crippen LogP contribution in [0, 0.1) is 20.8 Å². The van der Waals surface area contributed by atoms with E-state index in [0.29, 0.717) is 5.75 Å². The first kappa shape index (κ1) is 15.2. The number of aryl methyl sites for hydroxylation is 3. The highest BCUT2D eigenvalue weighted by Gasteiger charge is 2.12. The molecule has 0 aliphatic carbocycles. The Morgan fingerprint density at radius 1 is 1.05 bits per heavy atom. The number of methoxy groups -OCH3 is 1. The molecule has 3 nitrogen and oxygen atoms in total. The van der Waals surface area contributed by atoms with Crippen LogP contribution in [0.25, 0.3) is 0 Å². The molecule has 2 N–H and O–H groups in total. The number of phenols is 1. The van der Waals surface area contributed by atoms with Crippen LogP contribution in [-0.4, -0.2) is 12.2 Å². The number of rotatable bonds is 4. The molecule has 2 rings (SSSR count). The average molecular weight is 285 g/mol. The van der Waals surface area contributed by atoms with Gasteiger partial charge >= 0.3 is 0 Å². The van der Waals surface area contributed by atoms with Crippen molar-refractivity contribution in [2.75, 3.05) is 12.4 Å². The van der Waals surface area contributed by atoms with E-state index < -0.39 is 0 Å². The Balaban J connectivity index is 2.28. The molecule has 112 valence electrons. The van der Waals surface area contributed by atoms with Gasteiger partial charge in [-0.1, -0.05) is 23.8 Å². The standard InChI is InChI=1S/C18H23NO2/c1-11-8-12(2)18(13(3)9-11)19-14(4)15-6-7-16(20)17(10-15)21-5/h6-10,14,19-20H,1-5H3. The highest BCUT2D eigenvalue weighted by atomic mass is 16.5. The van der Waals surface area contributed by atoms with Crippen molar-refractivity contribution in [1.29, 1.82) is 0 Å². The quantitative estimate of drug-likeness (QED) is 0.869. The number of nitrogens with one attached hydrogen (secondary N) is 1. The molecular weight excluding hydrogens is 262 g/mol. The van der Waals surface area contributed by atoms with Crippen LogP contribution in [0.3, 0.4) is 0 Å². The summed E-state index contributed by atoms with van der Waals surface area (Å²) in [6, 6.07) is 9.93. The maximum absolute atomic E-state index is 9.68. The lowest BCUT2D eigenvalue weighted by Crippen LogP contribution is -2.09. The van der Waals surface area contributed by atoms with Gasteiger partial charge in [0.15, 0.2) is 11.5 Å². The van der Waals surface area contributed by atoms with E-state index in [9.17, 15) is 5.11 Å². The van der Waals surface area contributed by atoms with Gasteiger partial charge in [0.05, 0.1) is 7.11 Å². The Hall–Kier alpha value is -2.16. The van der Waals surface area contributed by atoms with Crippen molar-refractivity contribution in [1.82, 2.24) is 0 Å². The Morgan fingerprint density at radius 2 is 1.67 bits per heavy atom. The molecule has 0 saturated heterocycles. The molecule has 0 aliphatic rings. The predicted octanol–water partition coefficient (Wildman–Crippen LogP) is 4.50. The van der Waals surface area contributed by atoms with Gasteiger partial charge in [-0.3, -0.25) is 0 Å². The van der Waals surface area contributed by atoms with E-state index >= 15 is 0 Å². The fourth-order valence-electron chi connectivity index (χ4n) is 2.67. The van der Waals surface area contributed by atoms with Gasteiger partial charge in [-0.05, 0) is 56.5 Å². The zero-order valence-corrected chi connectivity index (χ0v) is 13.3. The van der Waals surface area contributed by atoms with E-state index in [2.05, 4.69) is 45.1 Å². The summed E-state index contributed by atoms with van der Waals surface area (Å²) < 4.78 is 5.17. The zero-order chi connectivity index (χ0) is 15.6. The van der Waals surface area contributed by atoms with Crippen molar-refractivity contribution in [3.05, 3.63) is 52.6 Å². The van der Waals surface area contributed by atoms with Crippen LogP contribution >= 0.6 is 0 Å². The van der Waals surface area contributed by atoms with Crippen LogP contribution in [0.15, 0.2) is 30.3 Å². The van der Waals surface area contributed by atoms with Crippen molar-refractivity contribution in [2.24, 2.45) is 0 Å². The van der Waals surface area contributed by atoms with Gasteiger partial charge in [0.2, 0.25) is 0 Å². The van der Waals surface area contributed by atoms with E-state index in [-0.39, 0.29) is 11.8 Å². The molecule has 0 spiro atoms. The minimum absolute atomic E-state index is 0.125. The van der Waals surface area contributed by atoms with Crippen LogP contribution < -0.4 is 10.1 Å². The Labute approximate surface area is 126 Å². The van der Waals surface area contributed by atoms with Crippen molar-refractivity contribution in [3.63, 3.8) is 0 Å². The summed E-state index contributed by atoms with van der Waals surface area (Å²) in [5.41, 5.74) is 5.99. The predicted molar refractivity (Wildman–Crippen MR) is 87.3 cm³/mol. The molecule has 21 heavy (non-hydrogen) atoms. The SMILES string of the molecule is COc1cc(C(C)Nc2c(C)cc(C)cc2C)ccc1O. The van der Waals surface area contributed by atoms with E-state index in [0.717, 1.165) is 5.56 Å². The lowest BCUT2D eigenvalue weighted by molar-refractivity contribution is 0.373. The van der Waals surface area contributed by atoms with E-state index in [4.69, 9.17) is 4.74 Å². The molecule has 0 radical (unpaired) electrons. The summed E-state index contributed by atoms with van der Waals surface area (Å²) in [6.07, 6.45) is 0. The fraction of sp³-hybridized carbons (Fsp3) is 0.333. The first-order chi connectivity index (χ1) is 9.92. The summed E-state index contributed by atoms with van der Waals surface area (Å²) in [5, 5.41) is 13.2.